The Morgan fingerprint density at radius 1 is 0.957 bits per heavy atom. The van der Waals surface area contributed by atoms with Crippen molar-refractivity contribution in [1.82, 2.24) is 13.7 Å². The van der Waals surface area contributed by atoms with Crippen LogP contribution in [0.3, 0.4) is 0 Å². The van der Waals surface area contributed by atoms with Crippen LogP contribution in [-0.2, 0) is 4.74 Å². The van der Waals surface area contributed by atoms with Crippen molar-refractivity contribution in [2.24, 2.45) is 0 Å². The van der Waals surface area contributed by atoms with E-state index in [-0.39, 0.29) is 0 Å². The predicted molar refractivity (Wildman–Crippen MR) is 93.6 cm³/mol. The molecule has 0 saturated carbocycles. The molecular weight excluding hydrogens is 308 g/mol. The molecule has 6 heteroatoms. The lowest BCUT2D eigenvalue weighted by Gasteiger charge is -2.29. The van der Waals surface area contributed by atoms with Gasteiger partial charge in [-0.25, -0.2) is 0 Å². The lowest BCUT2D eigenvalue weighted by molar-refractivity contribution is 0.123. The Morgan fingerprint density at radius 2 is 1.74 bits per heavy atom. The fourth-order valence-corrected chi connectivity index (χ4v) is 3.30. The van der Waals surface area contributed by atoms with Crippen LogP contribution in [0.4, 0.5) is 5.69 Å². The Balaban J connectivity index is 1.69. The molecule has 2 aromatic heterocycles. The van der Waals surface area contributed by atoms with Crippen molar-refractivity contribution in [2.45, 2.75) is 0 Å². The van der Waals surface area contributed by atoms with Gasteiger partial charge in [0.25, 0.3) is 0 Å². The SMILES string of the molecule is C(=C\c1ccc(N2CCOCC2)c2nsnc12)/c1ccncc1. The normalized spacial score (nSPS) is 15.6. The highest BCUT2D eigenvalue weighted by molar-refractivity contribution is 7.00. The van der Waals surface area contributed by atoms with Crippen LogP contribution in [0, 0.1) is 0 Å². The first-order chi connectivity index (χ1) is 11.4. The molecule has 1 aliphatic heterocycles. The molecule has 116 valence electrons. The summed E-state index contributed by atoms with van der Waals surface area (Å²) in [4.78, 5) is 6.36. The monoisotopic (exact) mass is 324 g/mol. The zero-order chi connectivity index (χ0) is 15.5. The van der Waals surface area contributed by atoms with Crippen molar-refractivity contribution >= 4 is 40.6 Å². The van der Waals surface area contributed by atoms with Crippen molar-refractivity contribution in [2.75, 3.05) is 31.2 Å². The van der Waals surface area contributed by atoms with Crippen molar-refractivity contribution in [3.05, 3.63) is 47.8 Å². The van der Waals surface area contributed by atoms with Gasteiger partial charge in [-0.3, -0.25) is 4.98 Å². The minimum absolute atomic E-state index is 0.767. The highest BCUT2D eigenvalue weighted by Gasteiger charge is 2.17. The zero-order valence-corrected chi connectivity index (χ0v) is 13.4. The minimum Gasteiger partial charge on any atom is -0.378 e. The fraction of sp³-hybridized carbons (Fsp3) is 0.235. The molecule has 0 N–H and O–H groups in total. The van der Waals surface area contributed by atoms with Gasteiger partial charge in [0, 0.05) is 31.0 Å². The summed E-state index contributed by atoms with van der Waals surface area (Å²) in [7, 11) is 0. The summed E-state index contributed by atoms with van der Waals surface area (Å²) in [6, 6.07) is 8.22. The Bertz CT molecular complexity index is 825. The number of aromatic nitrogens is 3. The topological polar surface area (TPSA) is 51.1 Å². The second-order valence-electron chi connectivity index (χ2n) is 5.35. The summed E-state index contributed by atoms with van der Waals surface area (Å²) < 4.78 is 14.4. The molecule has 3 aromatic rings. The summed E-state index contributed by atoms with van der Waals surface area (Å²) in [5, 5.41) is 0. The second-order valence-corrected chi connectivity index (χ2v) is 5.88. The third kappa shape index (κ3) is 2.95. The molecule has 0 bridgehead atoms. The molecular formula is C17H16N4OS. The van der Waals surface area contributed by atoms with Gasteiger partial charge in [-0.1, -0.05) is 18.2 Å². The van der Waals surface area contributed by atoms with Crippen molar-refractivity contribution in [3.63, 3.8) is 0 Å². The van der Waals surface area contributed by atoms with E-state index < -0.39 is 0 Å². The lowest BCUT2D eigenvalue weighted by atomic mass is 10.1. The first kappa shape index (κ1) is 14.3. The summed E-state index contributed by atoms with van der Waals surface area (Å²) in [5.41, 5.74) is 5.30. The van der Waals surface area contributed by atoms with Gasteiger partial charge in [0.05, 0.1) is 30.6 Å². The highest BCUT2D eigenvalue weighted by Crippen LogP contribution is 2.29. The highest BCUT2D eigenvalue weighted by atomic mass is 32.1. The average Bonchev–Trinajstić information content (AvgIpc) is 3.11. The molecule has 0 atom stereocenters. The van der Waals surface area contributed by atoms with Gasteiger partial charge in [-0.15, -0.1) is 0 Å². The van der Waals surface area contributed by atoms with E-state index in [1.807, 2.05) is 12.1 Å². The molecule has 4 rings (SSSR count). The Morgan fingerprint density at radius 3 is 2.57 bits per heavy atom. The third-order valence-electron chi connectivity index (χ3n) is 3.94. The molecule has 5 nitrogen and oxygen atoms in total. The maximum absolute atomic E-state index is 5.43. The predicted octanol–water partition coefficient (Wildman–Crippen LogP) is 3.09. The standard InChI is InChI=1S/C17H16N4OS/c1(13-5-7-18-8-6-13)2-14-3-4-15(17-16(14)19-23-20-17)21-9-11-22-12-10-21/h1-8H,9-12H2/b2-1+. The van der Waals surface area contributed by atoms with Gasteiger partial charge in [-0.2, -0.15) is 8.75 Å². The maximum Gasteiger partial charge on any atom is 0.128 e. The van der Waals surface area contributed by atoms with Crippen LogP contribution in [0.15, 0.2) is 36.7 Å². The van der Waals surface area contributed by atoms with Crippen LogP contribution in [0.1, 0.15) is 11.1 Å². The minimum atomic E-state index is 0.767. The largest absolute Gasteiger partial charge is 0.378 e. The number of ether oxygens (including phenoxy) is 1. The molecule has 3 heterocycles. The zero-order valence-electron chi connectivity index (χ0n) is 12.6. The summed E-state index contributed by atoms with van der Waals surface area (Å²) in [5.74, 6) is 0. The van der Waals surface area contributed by atoms with E-state index in [0.29, 0.717) is 0 Å². The first-order valence-electron chi connectivity index (χ1n) is 7.58. The third-order valence-corrected chi connectivity index (χ3v) is 4.47. The first-order valence-corrected chi connectivity index (χ1v) is 8.31. The van der Waals surface area contributed by atoms with E-state index in [9.17, 15) is 0 Å². The molecule has 0 amide bonds. The van der Waals surface area contributed by atoms with E-state index in [0.717, 1.165) is 54.2 Å². The van der Waals surface area contributed by atoms with E-state index in [1.54, 1.807) is 12.4 Å². The molecule has 23 heavy (non-hydrogen) atoms. The number of pyridine rings is 1. The molecule has 1 aliphatic rings. The lowest BCUT2D eigenvalue weighted by Crippen LogP contribution is -2.36. The molecule has 1 aromatic carbocycles. The summed E-state index contributed by atoms with van der Waals surface area (Å²) >= 11 is 1.27. The number of benzene rings is 1. The number of hydrogen-bond donors (Lipinski definition) is 0. The van der Waals surface area contributed by atoms with Gasteiger partial charge in [0.15, 0.2) is 0 Å². The van der Waals surface area contributed by atoms with Crippen molar-refractivity contribution < 1.29 is 4.74 Å². The van der Waals surface area contributed by atoms with E-state index >= 15 is 0 Å². The van der Waals surface area contributed by atoms with Crippen LogP contribution < -0.4 is 4.90 Å². The van der Waals surface area contributed by atoms with Crippen molar-refractivity contribution in [3.8, 4) is 0 Å². The van der Waals surface area contributed by atoms with E-state index in [2.05, 4.69) is 42.9 Å². The van der Waals surface area contributed by atoms with Crippen LogP contribution in [0.25, 0.3) is 23.2 Å². The maximum atomic E-state index is 5.43. The van der Waals surface area contributed by atoms with Gasteiger partial charge in [0.1, 0.15) is 11.0 Å². The fourth-order valence-electron chi connectivity index (χ4n) is 2.73. The number of morpholine rings is 1. The van der Waals surface area contributed by atoms with E-state index in [1.165, 1.54) is 11.7 Å². The number of fused-ring (bicyclic) bond motifs is 1. The van der Waals surface area contributed by atoms with Crippen LogP contribution in [-0.4, -0.2) is 40.0 Å². The number of hydrogen-bond acceptors (Lipinski definition) is 6. The molecule has 0 unspecified atom stereocenters. The van der Waals surface area contributed by atoms with E-state index in [4.69, 9.17) is 4.74 Å². The Hall–Kier alpha value is -2.31. The smallest absolute Gasteiger partial charge is 0.128 e. The molecule has 0 spiro atoms. The number of rotatable bonds is 3. The van der Waals surface area contributed by atoms with Gasteiger partial charge >= 0.3 is 0 Å². The van der Waals surface area contributed by atoms with Crippen LogP contribution in [0.5, 0.6) is 0 Å². The average molecular weight is 324 g/mol. The summed E-state index contributed by atoms with van der Waals surface area (Å²) in [6.45, 7) is 3.34. The molecule has 1 saturated heterocycles. The van der Waals surface area contributed by atoms with Gasteiger partial charge in [0.2, 0.25) is 0 Å². The Labute approximate surface area is 138 Å². The molecule has 1 fully saturated rings. The second kappa shape index (κ2) is 6.44. The van der Waals surface area contributed by atoms with Crippen molar-refractivity contribution in [1.29, 1.82) is 0 Å². The summed E-state index contributed by atoms with van der Waals surface area (Å²) in [6.07, 6.45) is 7.74. The molecule has 0 radical (unpaired) electrons. The van der Waals surface area contributed by atoms with Gasteiger partial charge in [-0.05, 0) is 23.8 Å². The van der Waals surface area contributed by atoms with Crippen LogP contribution >= 0.6 is 11.7 Å². The molecule has 0 aliphatic carbocycles. The van der Waals surface area contributed by atoms with Crippen LogP contribution in [0.2, 0.25) is 0 Å². The number of anilines is 1. The Kier molecular flexibility index (Phi) is 4.00. The number of nitrogens with zero attached hydrogens (tertiary/aromatic N) is 4. The van der Waals surface area contributed by atoms with Gasteiger partial charge < -0.3 is 9.64 Å². The quantitative estimate of drug-likeness (QED) is 0.741.